The van der Waals surface area contributed by atoms with Gasteiger partial charge in [0.25, 0.3) is 0 Å². The van der Waals surface area contributed by atoms with Crippen LogP contribution < -0.4 is 11.1 Å². The van der Waals surface area contributed by atoms with Crippen molar-refractivity contribution in [2.45, 2.75) is 0 Å². The molecule has 0 spiro atoms. The molecule has 0 saturated carbocycles. The first-order valence-electron chi connectivity index (χ1n) is 6.01. The molecule has 0 unspecified atom stereocenters. The predicted octanol–water partition coefficient (Wildman–Crippen LogP) is 5.09. The largest absolute Gasteiger partial charge is 0.396 e. The molecule has 3 aromatic rings. The first kappa shape index (κ1) is 13.4. The van der Waals surface area contributed by atoms with Gasteiger partial charge in [-0.1, -0.05) is 24.3 Å². The van der Waals surface area contributed by atoms with E-state index in [-0.39, 0.29) is 0 Å². The van der Waals surface area contributed by atoms with Gasteiger partial charge in [0, 0.05) is 14.3 Å². The van der Waals surface area contributed by atoms with Gasteiger partial charge in [0.05, 0.1) is 28.8 Å². The van der Waals surface area contributed by atoms with Crippen molar-refractivity contribution in [3.05, 3.63) is 57.6 Å². The number of aromatic nitrogens is 1. The molecule has 0 saturated heterocycles. The van der Waals surface area contributed by atoms with Crippen LogP contribution in [-0.4, -0.2) is 4.98 Å². The molecule has 20 heavy (non-hydrogen) atoms. The molecule has 1 aromatic heterocycles. The molecule has 2 aromatic carbocycles. The van der Waals surface area contributed by atoms with Crippen LogP contribution in [0, 0.1) is 0 Å². The van der Waals surface area contributed by atoms with Gasteiger partial charge in [-0.15, -0.1) is 0 Å². The summed E-state index contributed by atoms with van der Waals surface area (Å²) >= 11 is 7.09. The van der Waals surface area contributed by atoms with Crippen LogP contribution in [0.25, 0.3) is 10.9 Å². The highest BCUT2D eigenvalue weighted by atomic mass is 79.9. The van der Waals surface area contributed by atoms with Crippen molar-refractivity contribution >= 4 is 59.8 Å². The highest BCUT2D eigenvalue weighted by Gasteiger charge is 2.10. The maximum Gasteiger partial charge on any atom is 0.0746 e. The Hall–Kier alpha value is -1.59. The van der Waals surface area contributed by atoms with Crippen LogP contribution in [-0.2, 0) is 0 Å². The second-order valence-corrected chi connectivity index (χ2v) is 6.04. The Morgan fingerprint density at radius 1 is 0.900 bits per heavy atom. The lowest BCUT2D eigenvalue weighted by Gasteiger charge is -2.14. The van der Waals surface area contributed by atoms with Crippen LogP contribution in [0.15, 0.2) is 57.6 Å². The Kier molecular flexibility index (Phi) is 3.63. The Bertz CT molecular complexity index is 767. The quantitative estimate of drug-likeness (QED) is 0.638. The smallest absolute Gasteiger partial charge is 0.0746 e. The molecule has 1 heterocycles. The monoisotopic (exact) mass is 391 g/mol. The van der Waals surface area contributed by atoms with E-state index in [0.717, 1.165) is 31.2 Å². The molecule has 3 rings (SSSR count). The number of nitrogens with two attached hydrogens (primary N) is 1. The van der Waals surface area contributed by atoms with Crippen LogP contribution in [0.1, 0.15) is 0 Å². The first-order chi connectivity index (χ1) is 9.66. The molecule has 0 aliphatic carbocycles. The number of fused-ring (bicyclic) bond motifs is 1. The maximum atomic E-state index is 6.08. The molecule has 5 heteroatoms. The summed E-state index contributed by atoms with van der Waals surface area (Å²) in [6, 6.07) is 13.8. The molecule has 3 N–H and O–H groups in total. The van der Waals surface area contributed by atoms with E-state index in [4.69, 9.17) is 5.73 Å². The van der Waals surface area contributed by atoms with Crippen molar-refractivity contribution in [2.24, 2.45) is 0 Å². The lowest BCUT2D eigenvalue weighted by Crippen LogP contribution is -2.00. The van der Waals surface area contributed by atoms with Crippen molar-refractivity contribution in [1.82, 2.24) is 4.98 Å². The Labute approximate surface area is 133 Å². The average Bonchev–Trinajstić information content (AvgIpc) is 2.45. The van der Waals surface area contributed by atoms with E-state index >= 15 is 0 Å². The van der Waals surface area contributed by atoms with Crippen molar-refractivity contribution < 1.29 is 0 Å². The third-order valence-electron chi connectivity index (χ3n) is 3.02. The Balaban J connectivity index is 2.18. The summed E-state index contributed by atoms with van der Waals surface area (Å²) in [4.78, 5) is 4.34. The summed E-state index contributed by atoms with van der Waals surface area (Å²) in [7, 11) is 0. The van der Waals surface area contributed by atoms with E-state index in [1.54, 1.807) is 6.20 Å². The topological polar surface area (TPSA) is 50.9 Å². The highest BCUT2D eigenvalue weighted by molar-refractivity contribution is 9.11. The van der Waals surface area contributed by atoms with Gasteiger partial charge in [-0.3, -0.25) is 4.98 Å². The Morgan fingerprint density at radius 3 is 2.35 bits per heavy atom. The number of pyridine rings is 1. The number of para-hydroxylation sites is 2. The van der Waals surface area contributed by atoms with Gasteiger partial charge in [0.15, 0.2) is 0 Å². The fraction of sp³-hybridized carbons (Fsp3) is 0. The summed E-state index contributed by atoms with van der Waals surface area (Å²) in [5.41, 5.74) is 9.41. The number of anilines is 3. The lowest BCUT2D eigenvalue weighted by atomic mass is 10.1. The summed E-state index contributed by atoms with van der Waals surface area (Å²) < 4.78 is 1.93. The molecule has 3 nitrogen and oxygen atoms in total. The van der Waals surface area contributed by atoms with Gasteiger partial charge in [0.2, 0.25) is 0 Å². The summed E-state index contributed by atoms with van der Waals surface area (Å²) in [6.45, 7) is 0. The number of hydrogen-bond donors (Lipinski definition) is 2. The molecule has 0 atom stereocenters. The molecule has 100 valence electrons. The second-order valence-electron chi connectivity index (χ2n) is 4.33. The maximum absolute atomic E-state index is 6.08. The molecule has 0 aliphatic heterocycles. The zero-order valence-electron chi connectivity index (χ0n) is 10.4. The molecule has 0 fully saturated rings. The normalized spacial score (nSPS) is 10.7. The third kappa shape index (κ3) is 2.39. The minimum atomic E-state index is 0.617. The molecular weight excluding hydrogens is 382 g/mol. The van der Waals surface area contributed by atoms with Gasteiger partial charge in [-0.05, 0) is 50.1 Å². The summed E-state index contributed by atoms with van der Waals surface area (Å²) in [5, 5.41) is 4.39. The zero-order valence-corrected chi connectivity index (χ0v) is 13.6. The fourth-order valence-electron chi connectivity index (χ4n) is 2.04. The van der Waals surface area contributed by atoms with Crippen molar-refractivity contribution in [3.8, 4) is 0 Å². The van der Waals surface area contributed by atoms with Crippen LogP contribution in [0.5, 0.6) is 0 Å². The van der Waals surface area contributed by atoms with Crippen LogP contribution in [0.3, 0.4) is 0 Å². The summed E-state index contributed by atoms with van der Waals surface area (Å²) in [6.07, 6.45) is 1.68. The van der Waals surface area contributed by atoms with Crippen molar-refractivity contribution in [1.29, 1.82) is 0 Å². The number of rotatable bonds is 2. The van der Waals surface area contributed by atoms with E-state index < -0.39 is 0 Å². The van der Waals surface area contributed by atoms with Gasteiger partial charge in [-0.2, -0.15) is 0 Å². The Morgan fingerprint density at radius 2 is 1.60 bits per heavy atom. The molecule has 0 amide bonds. The number of nitrogens with one attached hydrogen (secondary N) is 1. The average molecular weight is 393 g/mol. The van der Waals surface area contributed by atoms with E-state index in [1.165, 1.54) is 0 Å². The first-order valence-corrected chi connectivity index (χ1v) is 7.59. The van der Waals surface area contributed by atoms with Gasteiger partial charge in [0.1, 0.15) is 0 Å². The van der Waals surface area contributed by atoms with Gasteiger partial charge in [-0.25, -0.2) is 0 Å². The molecular formula is C15H11Br2N3. The lowest BCUT2D eigenvalue weighted by molar-refractivity contribution is 1.40. The minimum Gasteiger partial charge on any atom is -0.396 e. The number of benzene rings is 2. The van der Waals surface area contributed by atoms with Crippen molar-refractivity contribution in [3.63, 3.8) is 0 Å². The van der Waals surface area contributed by atoms with Gasteiger partial charge < -0.3 is 11.1 Å². The fourth-order valence-corrected chi connectivity index (χ4v) is 3.24. The zero-order chi connectivity index (χ0) is 14.1. The van der Waals surface area contributed by atoms with E-state index in [9.17, 15) is 0 Å². The number of halogens is 2. The predicted molar refractivity (Wildman–Crippen MR) is 91.3 cm³/mol. The number of hydrogen-bond acceptors (Lipinski definition) is 3. The van der Waals surface area contributed by atoms with E-state index in [0.29, 0.717) is 5.69 Å². The third-order valence-corrected chi connectivity index (χ3v) is 4.34. The van der Waals surface area contributed by atoms with Crippen LogP contribution >= 0.6 is 31.9 Å². The number of nitrogens with zero attached hydrogens (tertiary/aromatic N) is 1. The van der Waals surface area contributed by atoms with Crippen LogP contribution in [0.2, 0.25) is 0 Å². The standard InChI is InChI=1S/C15H11Br2N3/c16-10-5-3-6-11(17)15(10)20-14-9-4-1-2-7-13(9)19-8-12(14)18/h1-8H,18H2,(H,19,20). The second kappa shape index (κ2) is 5.42. The minimum absolute atomic E-state index is 0.617. The molecule has 0 radical (unpaired) electrons. The SMILES string of the molecule is Nc1cnc2ccccc2c1Nc1c(Br)cccc1Br. The summed E-state index contributed by atoms with van der Waals surface area (Å²) in [5.74, 6) is 0. The van der Waals surface area contributed by atoms with Crippen molar-refractivity contribution in [2.75, 3.05) is 11.1 Å². The van der Waals surface area contributed by atoms with E-state index in [2.05, 4.69) is 42.2 Å². The van der Waals surface area contributed by atoms with Crippen LogP contribution in [0.4, 0.5) is 17.1 Å². The molecule has 0 aliphatic rings. The number of nitrogen functional groups attached to an aromatic ring is 1. The highest BCUT2D eigenvalue weighted by Crippen LogP contribution is 2.37. The molecule has 0 bridgehead atoms. The van der Waals surface area contributed by atoms with E-state index in [1.807, 2.05) is 42.5 Å². The van der Waals surface area contributed by atoms with Gasteiger partial charge >= 0.3 is 0 Å².